The first-order valence-corrected chi connectivity index (χ1v) is 9.76. The molecule has 7 nitrogen and oxygen atoms in total. The van der Waals surface area contributed by atoms with Crippen molar-refractivity contribution in [3.05, 3.63) is 53.3 Å². The van der Waals surface area contributed by atoms with E-state index in [0.29, 0.717) is 17.5 Å². The Morgan fingerprint density at radius 3 is 2.48 bits per heavy atom. The fourth-order valence-electron chi connectivity index (χ4n) is 3.40. The van der Waals surface area contributed by atoms with Crippen LogP contribution >= 0.6 is 0 Å². The standard InChI is InChI=1S/C18H20F4N6O.C2H6/c19-11-9-27(15(25)4-3-14(24)18(20,21)22)7-5-13(11)28-16(10(8-23)17(28)29)12-2-1-6-26-12;1-2/h1-4,6,8,11,13,23,26H,5,7,9,24-25H2;1-2H3/b14-3-,15-4+,23-8?;. The molecule has 6 N–H and O–H groups in total. The van der Waals surface area contributed by atoms with Gasteiger partial charge >= 0.3 is 6.18 Å². The number of halogens is 4. The maximum atomic E-state index is 14.9. The molecule has 0 saturated carbocycles. The predicted molar refractivity (Wildman–Crippen MR) is 110 cm³/mol. The quantitative estimate of drug-likeness (QED) is 0.319. The van der Waals surface area contributed by atoms with E-state index in [1.54, 1.807) is 18.3 Å². The number of allylic oxidation sites excluding steroid dienone is 3. The van der Waals surface area contributed by atoms with Gasteiger partial charge in [0.2, 0.25) is 0 Å². The molecule has 0 spiro atoms. The highest BCUT2D eigenvalue weighted by atomic mass is 19.4. The van der Waals surface area contributed by atoms with Gasteiger partial charge in [-0.05, 0) is 30.7 Å². The van der Waals surface area contributed by atoms with Crippen molar-refractivity contribution in [2.75, 3.05) is 13.1 Å². The lowest BCUT2D eigenvalue weighted by molar-refractivity contribution is -0.130. The summed E-state index contributed by atoms with van der Waals surface area (Å²) in [6.07, 6.45) is -1.72. The summed E-state index contributed by atoms with van der Waals surface area (Å²) in [4.78, 5) is 18.1. The van der Waals surface area contributed by atoms with Gasteiger partial charge in [-0.3, -0.25) is 9.69 Å². The number of amides is 1. The molecule has 0 radical (unpaired) electrons. The van der Waals surface area contributed by atoms with Crippen LogP contribution in [-0.4, -0.2) is 58.4 Å². The highest BCUT2D eigenvalue weighted by molar-refractivity contribution is 6.26. The molecule has 0 aliphatic carbocycles. The summed E-state index contributed by atoms with van der Waals surface area (Å²) in [6, 6.07) is 2.69. The molecule has 1 amide bonds. The maximum Gasteiger partial charge on any atom is 0.430 e. The first kappa shape index (κ1) is 24.0. The topological polar surface area (TPSA) is 115 Å². The Kier molecular flexibility index (Phi) is 7.53. The van der Waals surface area contributed by atoms with Crippen LogP contribution in [0.25, 0.3) is 5.70 Å². The van der Waals surface area contributed by atoms with Crippen molar-refractivity contribution < 1.29 is 22.4 Å². The molecule has 0 bridgehead atoms. The second kappa shape index (κ2) is 9.71. The van der Waals surface area contributed by atoms with E-state index in [1.165, 1.54) is 9.80 Å². The van der Waals surface area contributed by atoms with Crippen molar-refractivity contribution in [1.29, 1.82) is 5.41 Å². The van der Waals surface area contributed by atoms with Crippen LogP contribution in [0.1, 0.15) is 26.0 Å². The van der Waals surface area contributed by atoms with Gasteiger partial charge in [-0.2, -0.15) is 13.2 Å². The van der Waals surface area contributed by atoms with Gasteiger partial charge in [-0.25, -0.2) is 4.39 Å². The Morgan fingerprint density at radius 2 is 1.97 bits per heavy atom. The molecule has 1 aromatic heterocycles. The molecular formula is C20H26F4N6O. The number of carbonyl (C=O) groups is 1. The van der Waals surface area contributed by atoms with Gasteiger partial charge in [0.15, 0.2) is 0 Å². The van der Waals surface area contributed by atoms with E-state index in [4.69, 9.17) is 16.9 Å². The van der Waals surface area contributed by atoms with Gasteiger partial charge in [0.05, 0.1) is 35.4 Å². The number of carbonyl (C=O) groups excluding carboxylic acids is 1. The lowest BCUT2D eigenvalue weighted by Gasteiger charge is -2.46. The number of alkyl halides is 4. The molecule has 11 heteroatoms. The molecule has 170 valence electrons. The number of likely N-dealkylation sites (tertiary alicyclic amines) is 1. The SMILES string of the molecule is CC.N=CC1=C(c2ccc[nH]2)N(C2CCN(/C(N)=C/C=C(\N)C(F)(F)F)CC2F)C1=O. The molecule has 2 aliphatic rings. The minimum Gasteiger partial charge on any atom is -0.395 e. The van der Waals surface area contributed by atoms with Crippen molar-refractivity contribution >= 4 is 17.8 Å². The third kappa shape index (κ3) is 4.92. The van der Waals surface area contributed by atoms with Gasteiger partial charge in [0, 0.05) is 19.0 Å². The predicted octanol–water partition coefficient (Wildman–Crippen LogP) is 2.86. The van der Waals surface area contributed by atoms with Gasteiger partial charge in [0.25, 0.3) is 5.91 Å². The number of piperidine rings is 1. The number of aromatic amines is 1. The maximum absolute atomic E-state index is 14.9. The molecule has 3 heterocycles. The monoisotopic (exact) mass is 442 g/mol. The van der Waals surface area contributed by atoms with Crippen molar-refractivity contribution in [3.63, 3.8) is 0 Å². The Labute approximate surface area is 177 Å². The van der Waals surface area contributed by atoms with Gasteiger partial charge < -0.3 is 26.8 Å². The lowest BCUT2D eigenvalue weighted by Crippen LogP contribution is -2.57. The molecule has 31 heavy (non-hydrogen) atoms. The normalized spacial score (nSPS) is 22.7. The minimum absolute atomic E-state index is 0.0476. The van der Waals surface area contributed by atoms with Crippen LogP contribution in [0.2, 0.25) is 0 Å². The summed E-state index contributed by atoms with van der Waals surface area (Å²) in [6.45, 7) is 4.06. The lowest BCUT2D eigenvalue weighted by atomic mass is 9.92. The first-order valence-electron chi connectivity index (χ1n) is 9.76. The number of nitrogens with zero attached hydrogens (tertiary/aromatic N) is 2. The first-order chi connectivity index (χ1) is 14.6. The van der Waals surface area contributed by atoms with E-state index in [2.05, 4.69) is 4.98 Å². The zero-order chi connectivity index (χ0) is 23.3. The molecule has 2 unspecified atom stereocenters. The van der Waals surface area contributed by atoms with Crippen LogP contribution in [-0.2, 0) is 4.79 Å². The summed E-state index contributed by atoms with van der Waals surface area (Å²) in [7, 11) is 0. The Bertz CT molecular complexity index is 888. The van der Waals surface area contributed by atoms with Crippen LogP contribution in [0, 0.1) is 5.41 Å². The highest BCUT2D eigenvalue weighted by Gasteiger charge is 2.45. The van der Waals surface area contributed by atoms with E-state index < -0.39 is 30.0 Å². The second-order valence-electron chi connectivity index (χ2n) is 6.69. The van der Waals surface area contributed by atoms with Crippen molar-refractivity contribution in [3.8, 4) is 0 Å². The Morgan fingerprint density at radius 1 is 1.29 bits per heavy atom. The molecule has 1 saturated heterocycles. The molecular weight excluding hydrogens is 416 g/mol. The molecule has 2 atom stereocenters. The number of rotatable bonds is 5. The van der Waals surface area contributed by atoms with Crippen molar-refractivity contribution in [2.24, 2.45) is 11.5 Å². The fraction of sp³-hybridized carbons (Fsp3) is 0.400. The summed E-state index contributed by atoms with van der Waals surface area (Å²) in [5.74, 6) is -0.483. The third-order valence-corrected chi connectivity index (χ3v) is 4.91. The van der Waals surface area contributed by atoms with Gasteiger partial charge in [-0.1, -0.05) is 13.8 Å². The number of nitrogens with one attached hydrogen (secondary N) is 2. The smallest absolute Gasteiger partial charge is 0.395 e. The van der Waals surface area contributed by atoms with Gasteiger partial charge in [0.1, 0.15) is 11.9 Å². The average Bonchev–Trinajstić information content (AvgIpc) is 3.26. The van der Waals surface area contributed by atoms with E-state index >= 15 is 0 Å². The third-order valence-electron chi connectivity index (χ3n) is 4.91. The fourth-order valence-corrected chi connectivity index (χ4v) is 3.40. The van der Waals surface area contributed by atoms with Crippen LogP contribution in [0.4, 0.5) is 17.6 Å². The number of aromatic nitrogens is 1. The van der Waals surface area contributed by atoms with E-state index in [-0.39, 0.29) is 30.9 Å². The largest absolute Gasteiger partial charge is 0.430 e. The number of hydrogen-bond acceptors (Lipinski definition) is 5. The number of nitrogens with two attached hydrogens (primary N) is 2. The van der Waals surface area contributed by atoms with Gasteiger partial charge in [-0.15, -0.1) is 0 Å². The van der Waals surface area contributed by atoms with E-state index in [9.17, 15) is 22.4 Å². The zero-order valence-corrected chi connectivity index (χ0v) is 17.2. The van der Waals surface area contributed by atoms with E-state index in [0.717, 1.165) is 12.3 Å². The Hall–Kier alpha value is -3.24. The summed E-state index contributed by atoms with van der Waals surface area (Å²) in [5.41, 5.74) is 10.6. The van der Waals surface area contributed by atoms with Crippen LogP contribution in [0.15, 0.2) is 47.6 Å². The molecule has 1 aromatic rings. The summed E-state index contributed by atoms with van der Waals surface area (Å²) in [5, 5.41) is 7.42. The summed E-state index contributed by atoms with van der Waals surface area (Å²) >= 11 is 0. The zero-order valence-electron chi connectivity index (χ0n) is 17.2. The van der Waals surface area contributed by atoms with Crippen molar-refractivity contribution in [1.82, 2.24) is 14.8 Å². The molecule has 0 aromatic carbocycles. The molecule has 3 rings (SSSR count). The highest BCUT2D eigenvalue weighted by Crippen LogP contribution is 2.38. The second-order valence-corrected chi connectivity index (χ2v) is 6.69. The van der Waals surface area contributed by atoms with Crippen LogP contribution < -0.4 is 11.5 Å². The summed E-state index contributed by atoms with van der Waals surface area (Å²) < 4.78 is 52.2. The molecule has 2 aliphatic heterocycles. The van der Waals surface area contributed by atoms with Crippen LogP contribution in [0.5, 0.6) is 0 Å². The van der Waals surface area contributed by atoms with Crippen molar-refractivity contribution in [2.45, 2.75) is 38.7 Å². The number of hydrogen-bond donors (Lipinski definition) is 4. The number of H-pyrrole nitrogens is 1. The van der Waals surface area contributed by atoms with Crippen LogP contribution in [0.3, 0.4) is 0 Å². The average molecular weight is 442 g/mol. The minimum atomic E-state index is -4.67. The Balaban J connectivity index is 0.00000166. The van der Waals surface area contributed by atoms with E-state index in [1.807, 2.05) is 13.8 Å². The molecule has 1 fully saturated rings.